The molecule has 1 fully saturated rings. The third-order valence-electron chi connectivity index (χ3n) is 5.79. The summed E-state index contributed by atoms with van der Waals surface area (Å²) in [6.45, 7) is 5.59. The van der Waals surface area contributed by atoms with Gasteiger partial charge in [0.2, 0.25) is 5.91 Å². The Morgan fingerprint density at radius 2 is 1.94 bits per heavy atom. The third kappa shape index (κ3) is 4.68. The van der Waals surface area contributed by atoms with Gasteiger partial charge in [0.25, 0.3) is 0 Å². The van der Waals surface area contributed by atoms with Gasteiger partial charge in [-0.15, -0.1) is 10.2 Å². The molecule has 1 amide bonds. The van der Waals surface area contributed by atoms with Gasteiger partial charge >= 0.3 is 0 Å². The van der Waals surface area contributed by atoms with E-state index in [1.54, 1.807) is 7.11 Å². The number of carbonyl (C=O) groups is 1. The Labute approximate surface area is 183 Å². The first-order valence-electron chi connectivity index (χ1n) is 10.7. The molecular formula is C25H28N4O2. The topological polar surface area (TPSA) is 67.3 Å². The van der Waals surface area contributed by atoms with Crippen molar-refractivity contribution < 1.29 is 9.53 Å². The van der Waals surface area contributed by atoms with Crippen LogP contribution in [0.4, 0.5) is 11.5 Å². The van der Waals surface area contributed by atoms with Gasteiger partial charge in [-0.25, -0.2) is 0 Å². The predicted molar refractivity (Wildman–Crippen MR) is 124 cm³/mol. The van der Waals surface area contributed by atoms with E-state index in [1.165, 1.54) is 5.56 Å². The first-order valence-corrected chi connectivity index (χ1v) is 10.7. The lowest BCUT2D eigenvalue weighted by Crippen LogP contribution is -2.41. The number of hydrogen-bond acceptors (Lipinski definition) is 5. The first kappa shape index (κ1) is 20.8. The number of carbonyl (C=O) groups excluding carboxylic acids is 1. The molecule has 0 bridgehead atoms. The molecule has 0 saturated carbocycles. The lowest BCUT2D eigenvalue weighted by atomic mass is 9.96. The van der Waals surface area contributed by atoms with Gasteiger partial charge in [0, 0.05) is 24.3 Å². The van der Waals surface area contributed by atoms with Gasteiger partial charge in [-0.1, -0.05) is 29.8 Å². The van der Waals surface area contributed by atoms with Crippen LogP contribution < -0.4 is 15.0 Å². The van der Waals surface area contributed by atoms with Gasteiger partial charge in [-0.05, 0) is 62.6 Å². The van der Waals surface area contributed by atoms with Gasteiger partial charge in [0.05, 0.1) is 18.7 Å². The Bertz CT molecular complexity index is 1070. The maximum absolute atomic E-state index is 12.9. The van der Waals surface area contributed by atoms with Gasteiger partial charge in [0.1, 0.15) is 5.75 Å². The molecular weight excluding hydrogens is 388 g/mol. The van der Waals surface area contributed by atoms with Crippen LogP contribution in [0.1, 0.15) is 24.0 Å². The number of benzene rings is 2. The first-order chi connectivity index (χ1) is 15.0. The average Bonchev–Trinajstić information content (AvgIpc) is 2.81. The molecule has 2 aromatic carbocycles. The van der Waals surface area contributed by atoms with Crippen LogP contribution in [-0.2, 0) is 4.79 Å². The lowest BCUT2D eigenvalue weighted by molar-refractivity contribution is -0.120. The van der Waals surface area contributed by atoms with Crippen molar-refractivity contribution in [3.63, 3.8) is 0 Å². The number of methoxy groups -OCH3 is 1. The van der Waals surface area contributed by atoms with Crippen LogP contribution in [0.25, 0.3) is 11.3 Å². The Kier molecular flexibility index (Phi) is 6.16. The standard InChI is InChI=1S/C25H28N4O2/c1-17-10-11-21(18(2)15-17)26-25(30)19-7-6-14-29(16-19)24-13-12-22(27-28-24)20-8-4-5-9-23(20)31-3/h4-5,8-13,15,19H,6-7,14,16H2,1-3H3,(H,26,30). The minimum atomic E-state index is -0.0786. The number of nitrogens with zero attached hydrogens (tertiary/aromatic N) is 3. The van der Waals surface area contributed by atoms with E-state index in [1.807, 2.05) is 55.5 Å². The number of piperidine rings is 1. The fraction of sp³-hybridized carbons (Fsp3) is 0.320. The van der Waals surface area contributed by atoms with E-state index in [-0.39, 0.29) is 11.8 Å². The van der Waals surface area contributed by atoms with Gasteiger partial charge in [-0.3, -0.25) is 4.79 Å². The molecule has 1 unspecified atom stereocenters. The molecule has 1 aliphatic heterocycles. The molecule has 31 heavy (non-hydrogen) atoms. The minimum Gasteiger partial charge on any atom is -0.496 e. The van der Waals surface area contributed by atoms with Crippen molar-refractivity contribution in [3.05, 3.63) is 65.7 Å². The summed E-state index contributed by atoms with van der Waals surface area (Å²) in [7, 11) is 1.65. The molecule has 4 rings (SSSR count). The quantitative estimate of drug-likeness (QED) is 0.657. The minimum absolute atomic E-state index is 0.0651. The number of rotatable bonds is 5. The highest BCUT2D eigenvalue weighted by molar-refractivity contribution is 5.93. The van der Waals surface area contributed by atoms with Crippen LogP contribution in [0.3, 0.4) is 0 Å². The van der Waals surface area contributed by atoms with Gasteiger partial charge in [-0.2, -0.15) is 0 Å². The van der Waals surface area contributed by atoms with Crippen molar-refractivity contribution in [2.24, 2.45) is 5.92 Å². The van der Waals surface area contributed by atoms with Crippen LogP contribution in [0.2, 0.25) is 0 Å². The fourth-order valence-corrected chi connectivity index (χ4v) is 4.08. The van der Waals surface area contributed by atoms with Crippen LogP contribution in [0.15, 0.2) is 54.6 Å². The highest BCUT2D eigenvalue weighted by Crippen LogP contribution is 2.29. The van der Waals surface area contributed by atoms with Crippen molar-refractivity contribution in [1.29, 1.82) is 0 Å². The van der Waals surface area contributed by atoms with Crippen molar-refractivity contribution in [3.8, 4) is 17.0 Å². The zero-order chi connectivity index (χ0) is 21.8. The maximum Gasteiger partial charge on any atom is 0.229 e. The van der Waals surface area contributed by atoms with Crippen molar-refractivity contribution in [1.82, 2.24) is 10.2 Å². The van der Waals surface area contributed by atoms with E-state index in [2.05, 4.69) is 33.4 Å². The summed E-state index contributed by atoms with van der Waals surface area (Å²) in [6, 6.07) is 17.8. The number of nitrogens with one attached hydrogen (secondary N) is 1. The second-order valence-corrected chi connectivity index (χ2v) is 8.07. The van der Waals surface area contributed by atoms with Crippen molar-refractivity contribution in [2.45, 2.75) is 26.7 Å². The van der Waals surface area contributed by atoms with Crippen molar-refractivity contribution in [2.75, 3.05) is 30.4 Å². The number of anilines is 2. The molecule has 1 N–H and O–H groups in total. The van der Waals surface area contributed by atoms with E-state index < -0.39 is 0 Å². The largest absolute Gasteiger partial charge is 0.496 e. The molecule has 0 spiro atoms. The summed E-state index contributed by atoms with van der Waals surface area (Å²) in [5.41, 5.74) is 4.83. The molecule has 0 aliphatic carbocycles. The number of aryl methyl sites for hydroxylation is 2. The zero-order valence-corrected chi connectivity index (χ0v) is 18.3. The van der Waals surface area contributed by atoms with E-state index in [9.17, 15) is 4.79 Å². The predicted octanol–water partition coefficient (Wildman–Crippen LogP) is 4.62. The van der Waals surface area contributed by atoms with Crippen LogP contribution in [-0.4, -0.2) is 36.3 Å². The SMILES string of the molecule is COc1ccccc1-c1ccc(N2CCCC(C(=O)Nc3ccc(C)cc3C)C2)nn1. The van der Waals surface area contributed by atoms with Gasteiger partial charge in [0.15, 0.2) is 5.82 Å². The summed E-state index contributed by atoms with van der Waals surface area (Å²) in [4.78, 5) is 15.1. The Morgan fingerprint density at radius 1 is 1.10 bits per heavy atom. The number of para-hydroxylation sites is 1. The van der Waals surface area contributed by atoms with E-state index in [0.717, 1.165) is 53.5 Å². The van der Waals surface area contributed by atoms with Crippen LogP contribution >= 0.6 is 0 Å². The summed E-state index contributed by atoms with van der Waals surface area (Å²) in [5, 5.41) is 12.0. The summed E-state index contributed by atoms with van der Waals surface area (Å²) in [5.74, 6) is 1.55. The Balaban J connectivity index is 1.45. The molecule has 1 aliphatic rings. The molecule has 6 nitrogen and oxygen atoms in total. The zero-order valence-electron chi connectivity index (χ0n) is 18.3. The highest BCUT2D eigenvalue weighted by Gasteiger charge is 2.27. The normalized spacial score (nSPS) is 16.1. The molecule has 1 aromatic heterocycles. The third-order valence-corrected chi connectivity index (χ3v) is 5.79. The van der Waals surface area contributed by atoms with Gasteiger partial charge < -0.3 is 15.0 Å². The molecule has 6 heteroatoms. The number of ether oxygens (including phenoxy) is 1. The molecule has 2 heterocycles. The molecule has 1 atom stereocenters. The van der Waals surface area contributed by atoms with Crippen molar-refractivity contribution >= 4 is 17.4 Å². The number of amides is 1. The Hall–Kier alpha value is -3.41. The maximum atomic E-state index is 12.9. The van der Waals surface area contributed by atoms with E-state index in [0.29, 0.717) is 6.54 Å². The monoisotopic (exact) mass is 416 g/mol. The number of aromatic nitrogens is 2. The molecule has 160 valence electrons. The summed E-state index contributed by atoms with van der Waals surface area (Å²) in [6.07, 6.45) is 1.82. The van der Waals surface area contributed by atoms with Crippen LogP contribution in [0.5, 0.6) is 5.75 Å². The smallest absolute Gasteiger partial charge is 0.229 e. The Morgan fingerprint density at radius 3 is 2.68 bits per heavy atom. The molecule has 1 saturated heterocycles. The second kappa shape index (κ2) is 9.16. The molecule has 3 aromatic rings. The fourth-order valence-electron chi connectivity index (χ4n) is 4.08. The lowest BCUT2D eigenvalue weighted by Gasteiger charge is -2.32. The average molecular weight is 417 g/mol. The van der Waals surface area contributed by atoms with E-state index >= 15 is 0 Å². The molecule has 0 radical (unpaired) electrons. The van der Waals surface area contributed by atoms with Crippen LogP contribution in [0, 0.1) is 19.8 Å². The second-order valence-electron chi connectivity index (χ2n) is 8.07. The summed E-state index contributed by atoms with van der Waals surface area (Å²) < 4.78 is 5.43. The highest BCUT2D eigenvalue weighted by atomic mass is 16.5. The van der Waals surface area contributed by atoms with E-state index in [4.69, 9.17) is 4.74 Å². The summed E-state index contributed by atoms with van der Waals surface area (Å²) >= 11 is 0. The number of hydrogen-bond donors (Lipinski definition) is 1.